The Morgan fingerprint density at radius 1 is 0.468 bits per heavy atom. The van der Waals surface area contributed by atoms with Gasteiger partial charge in [-0.2, -0.15) is 0 Å². The second-order valence-corrected chi connectivity index (χ2v) is 21.2. The third-order valence-electron chi connectivity index (χ3n) is 13.9. The van der Waals surface area contributed by atoms with Gasteiger partial charge in [0.2, 0.25) is 0 Å². The molecule has 4 aliphatic rings. The van der Waals surface area contributed by atoms with Crippen molar-refractivity contribution in [3.63, 3.8) is 0 Å². The number of hydrogen-bond donors (Lipinski definition) is 3. The molecule has 0 bridgehead atoms. The van der Waals surface area contributed by atoms with Crippen molar-refractivity contribution in [1.82, 2.24) is 30.8 Å². The second kappa shape index (κ2) is 25.5. The van der Waals surface area contributed by atoms with Crippen molar-refractivity contribution in [3.8, 4) is 22.3 Å². The van der Waals surface area contributed by atoms with Crippen LogP contribution in [0.4, 0.5) is 44.0 Å². The van der Waals surface area contributed by atoms with Crippen molar-refractivity contribution in [1.29, 1.82) is 0 Å². The molecule has 6 aromatic carbocycles. The number of para-hydroxylation sites is 2. The van der Waals surface area contributed by atoms with E-state index in [0.29, 0.717) is 59.3 Å². The summed E-state index contributed by atoms with van der Waals surface area (Å²) in [5, 5.41) is 11.8. The number of aldehydes is 1. The molecule has 2 fully saturated rings. The summed E-state index contributed by atoms with van der Waals surface area (Å²) in [6.07, 6.45) is 4.41. The fourth-order valence-electron chi connectivity index (χ4n) is 10.1. The van der Waals surface area contributed by atoms with E-state index in [4.69, 9.17) is 69.6 Å². The number of nitrogens with zero attached hydrogens (tertiary/aromatic N) is 7. The van der Waals surface area contributed by atoms with Gasteiger partial charge in [-0.05, 0) is 102 Å². The number of urea groups is 2. The number of pyridine rings is 2. The number of hydrogen-bond acceptors (Lipinski definition) is 9. The first-order valence-electron chi connectivity index (χ1n) is 25.5. The maximum Gasteiger partial charge on any atom is 0.326 e. The Labute approximate surface area is 488 Å². The van der Waals surface area contributed by atoms with Gasteiger partial charge in [-0.3, -0.25) is 19.5 Å². The van der Waals surface area contributed by atoms with Crippen molar-refractivity contribution < 1.29 is 14.4 Å². The molecule has 2 aromatic heterocycles. The van der Waals surface area contributed by atoms with Gasteiger partial charge in [0.1, 0.15) is 17.9 Å². The predicted octanol–water partition coefficient (Wildman–Crippen LogP) is 14.4. The van der Waals surface area contributed by atoms with Crippen LogP contribution < -0.4 is 35.6 Å². The SMILES string of the molecule is O=C1NCc2c(-c3ccccc3Cl)cc(CN3CCN(c4ccccn4)CC3)cc2N1c1c(Cl)cccc1Cl.O=Cc1cc(-c2ccccc2Cl)c2c(c1)N(c1c(Cl)cccc1Cl)C(=O)NC2.c1ccc(N2CCNCC2)nc1. The van der Waals surface area contributed by atoms with E-state index in [-0.39, 0.29) is 18.6 Å². The molecule has 0 saturated carbocycles. The van der Waals surface area contributed by atoms with Gasteiger partial charge in [-0.15, -0.1) is 0 Å². The molecule has 0 spiro atoms. The molecule has 3 N–H and O–H groups in total. The Morgan fingerprint density at radius 2 is 0.911 bits per heavy atom. The molecule has 79 heavy (non-hydrogen) atoms. The lowest BCUT2D eigenvalue weighted by atomic mass is 9.93. The molecule has 8 aromatic rings. The van der Waals surface area contributed by atoms with Crippen molar-refractivity contribution in [3.05, 3.63) is 210 Å². The van der Waals surface area contributed by atoms with Crippen LogP contribution in [-0.4, -0.2) is 85.6 Å². The number of rotatable bonds is 9. The van der Waals surface area contributed by atoms with E-state index in [1.165, 1.54) is 4.90 Å². The van der Waals surface area contributed by atoms with Crippen LogP contribution >= 0.6 is 69.6 Å². The van der Waals surface area contributed by atoms with Crippen molar-refractivity contribution in [2.24, 2.45) is 0 Å². The van der Waals surface area contributed by atoms with E-state index in [1.807, 2.05) is 79.1 Å². The number of carbonyl (C=O) groups excluding carboxylic acids is 3. The predicted molar refractivity (Wildman–Crippen MR) is 322 cm³/mol. The van der Waals surface area contributed by atoms with Crippen LogP contribution in [0.15, 0.2) is 158 Å². The molecule has 6 heterocycles. The highest BCUT2D eigenvalue weighted by Gasteiger charge is 2.33. The second-order valence-electron chi connectivity index (χ2n) is 18.8. The van der Waals surface area contributed by atoms with Crippen LogP contribution in [0.3, 0.4) is 0 Å². The standard InChI is InChI=1S/C30H26Cl3N5O.C21H13Cl3N2O2.C9H13N3/c31-24-7-2-1-6-21(24)22-16-20(19-36-12-14-37(15-13-36)28-10-3-4-11-34-28)17-27-23(22)18-35-30(39)38(27)29-25(32)8-5-9-26(29)33;22-16-5-2-1-4-13(16)14-8-12(11-27)9-19-15(14)10-25-21(28)26(19)20-17(23)6-3-7-18(20)24;1-2-4-11-9(3-1)12-7-5-10-6-8-12/h1-11,16-17H,12-15,18-19H2,(H,35,39);1-9,11H,10H2,(H,25,28);1-4,10H,5-8H2. The Hall–Kier alpha value is -6.91. The van der Waals surface area contributed by atoms with Crippen LogP contribution in [-0.2, 0) is 19.6 Å². The minimum Gasteiger partial charge on any atom is -0.354 e. The van der Waals surface area contributed by atoms with Crippen LogP contribution in [0.2, 0.25) is 30.1 Å². The van der Waals surface area contributed by atoms with Gasteiger partial charge in [0, 0.05) is 122 Å². The molecular formula is C60H52Cl6N10O3. The molecule has 19 heteroatoms. The molecular weight excluding hydrogens is 1120 g/mol. The molecule has 2 saturated heterocycles. The summed E-state index contributed by atoms with van der Waals surface area (Å²) in [4.78, 5) is 56.5. The zero-order chi connectivity index (χ0) is 55.0. The monoisotopic (exact) mass is 1170 g/mol. The Balaban J connectivity index is 0.000000152. The first kappa shape index (κ1) is 55.4. The summed E-state index contributed by atoms with van der Waals surface area (Å²) in [6, 6.07) is 44.5. The van der Waals surface area contributed by atoms with Crippen molar-refractivity contribution in [2.75, 3.05) is 72.0 Å². The molecule has 0 unspecified atom stereocenters. The van der Waals surface area contributed by atoms with E-state index in [9.17, 15) is 14.4 Å². The fraction of sp³-hybridized carbons (Fsp3) is 0.183. The summed E-state index contributed by atoms with van der Waals surface area (Å²) in [7, 11) is 0. The molecule has 0 radical (unpaired) electrons. The van der Waals surface area contributed by atoms with Gasteiger partial charge in [0.15, 0.2) is 0 Å². The lowest BCUT2D eigenvalue weighted by molar-refractivity contribution is 0.112. The number of anilines is 6. The minimum absolute atomic E-state index is 0.274. The summed E-state index contributed by atoms with van der Waals surface area (Å²) in [6.45, 7) is 9.23. The van der Waals surface area contributed by atoms with Crippen molar-refractivity contribution >= 4 is 122 Å². The van der Waals surface area contributed by atoms with Gasteiger partial charge in [-0.1, -0.05) is 130 Å². The number of piperazine rings is 2. The summed E-state index contributed by atoms with van der Waals surface area (Å²) in [5.74, 6) is 2.10. The van der Waals surface area contributed by atoms with E-state index < -0.39 is 0 Å². The largest absolute Gasteiger partial charge is 0.354 e. The zero-order valence-corrected chi connectivity index (χ0v) is 47.0. The number of carbonyl (C=O) groups is 3. The first-order chi connectivity index (χ1) is 38.5. The van der Waals surface area contributed by atoms with Gasteiger partial charge < -0.3 is 25.8 Å². The smallest absolute Gasteiger partial charge is 0.326 e. The van der Waals surface area contributed by atoms with Gasteiger partial charge in [0.05, 0.1) is 42.8 Å². The lowest BCUT2D eigenvalue weighted by Gasteiger charge is -2.36. The number of aromatic nitrogens is 2. The highest BCUT2D eigenvalue weighted by atomic mass is 35.5. The Kier molecular flexibility index (Phi) is 17.9. The molecule has 12 rings (SSSR count). The number of fused-ring (bicyclic) bond motifs is 2. The molecule has 4 amide bonds. The van der Waals surface area contributed by atoms with E-state index >= 15 is 0 Å². The number of nitrogens with one attached hydrogen (secondary N) is 3. The fourth-order valence-corrected chi connectivity index (χ4v) is 11.7. The van der Waals surface area contributed by atoms with Crippen molar-refractivity contribution in [2.45, 2.75) is 19.6 Å². The first-order valence-corrected chi connectivity index (χ1v) is 27.8. The highest BCUT2D eigenvalue weighted by molar-refractivity contribution is 6.41. The molecule has 0 aliphatic carbocycles. The topological polar surface area (TPSA) is 129 Å². The quantitative estimate of drug-likeness (QED) is 0.121. The third kappa shape index (κ3) is 12.5. The van der Waals surface area contributed by atoms with E-state index in [2.05, 4.69) is 64.9 Å². The Morgan fingerprint density at radius 3 is 1.38 bits per heavy atom. The molecule has 13 nitrogen and oxygen atoms in total. The molecule has 402 valence electrons. The summed E-state index contributed by atoms with van der Waals surface area (Å²) >= 11 is 39.0. The number of benzene rings is 6. The van der Waals surface area contributed by atoms with Gasteiger partial charge in [0.25, 0.3) is 0 Å². The average Bonchev–Trinajstić information content (AvgIpc) is 3.55. The number of halogens is 6. The van der Waals surface area contributed by atoms with E-state index in [0.717, 1.165) is 121 Å². The van der Waals surface area contributed by atoms with Gasteiger partial charge in [-0.25, -0.2) is 19.6 Å². The lowest BCUT2D eigenvalue weighted by Crippen LogP contribution is -2.46. The average molecular weight is 1170 g/mol. The maximum absolute atomic E-state index is 13.3. The normalized spacial score (nSPS) is 15.1. The third-order valence-corrected chi connectivity index (χ3v) is 15.8. The minimum atomic E-state index is -0.379. The highest BCUT2D eigenvalue weighted by Crippen LogP contribution is 2.47. The van der Waals surface area contributed by atoms with Gasteiger partial charge >= 0.3 is 12.1 Å². The van der Waals surface area contributed by atoms with Crippen LogP contribution in [0.1, 0.15) is 27.0 Å². The Bertz CT molecular complexity index is 3470. The molecule has 4 aliphatic heterocycles. The maximum atomic E-state index is 13.3. The molecule has 0 atom stereocenters. The number of amides is 4. The van der Waals surface area contributed by atoms with Crippen LogP contribution in [0, 0.1) is 0 Å². The zero-order valence-electron chi connectivity index (χ0n) is 42.5. The summed E-state index contributed by atoms with van der Waals surface area (Å²) < 4.78 is 0. The van der Waals surface area contributed by atoms with Crippen LogP contribution in [0.5, 0.6) is 0 Å². The van der Waals surface area contributed by atoms with Crippen LogP contribution in [0.25, 0.3) is 22.3 Å². The van der Waals surface area contributed by atoms with E-state index in [1.54, 1.807) is 59.5 Å². The summed E-state index contributed by atoms with van der Waals surface area (Å²) in [5.41, 5.74) is 8.82.